The molecule has 0 amide bonds. The fourth-order valence-electron chi connectivity index (χ4n) is 2.35. The third-order valence-corrected chi connectivity index (χ3v) is 5.51. The Hall–Kier alpha value is -1.92. The van der Waals surface area contributed by atoms with Crippen LogP contribution in [0.5, 0.6) is 0 Å². The highest BCUT2D eigenvalue weighted by Crippen LogP contribution is 2.29. The van der Waals surface area contributed by atoms with E-state index in [0.717, 1.165) is 5.56 Å². The molecule has 0 N–H and O–H groups in total. The number of carbonyl (C=O) groups is 1. The van der Waals surface area contributed by atoms with Crippen molar-refractivity contribution in [2.75, 3.05) is 20.2 Å². The van der Waals surface area contributed by atoms with Crippen LogP contribution in [0.15, 0.2) is 53.5 Å². The molecule has 1 heterocycles. The molecule has 1 aromatic carbocycles. The molecule has 22 heavy (non-hydrogen) atoms. The summed E-state index contributed by atoms with van der Waals surface area (Å²) in [6.07, 6.45) is 3.00. The minimum atomic E-state index is -3.58. The molecule has 2 rings (SSSR count). The van der Waals surface area contributed by atoms with Crippen LogP contribution in [0.4, 0.5) is 0 Å². The van der Waals surface area contributed by atoms with Gasteiger partial charge >= 0.3 is 5.97 Å². The van der Waals surface area contributed by atoms with Crippen LogP contribution < -0.4 is 0 Å². The Morgan fingerprint density at radius 1 is 1.36 bits per heavy atom. The normalized spacial score (nSPS) is 21.0. The Bertz CT molecular complexity index is 704. The highest BCUT2D eigenvalue weighted by atomic mass is 32.2. The number of benzene rings is 1. The number of hydrogen-bond acceptors (Lipinski definition) is 4. The Labute approximate surface area is 130 Å². The van der Waals surface area contributed by atoms with E-state index >= 15 is 0 Å². The van der Waals surface area contributed by atoms with E-state index in [1.807, 2.05) is 6.92 Å². The van der Waals surface area contributed by atoms with Gasteiger partial charge in [0, 0.05) is 25.1 Å². The van der Waals surface area contributed by atoms with Crippen LogP contribution in [-0.2, 0) is 19.6 Å². The standard InChI is InChI=1S/C16H19NO4S/c1-4-13-10-17(11-14(13)9-16(18)21-3)22(19,20)15-7-5-12(2)6-8-15/h4-9,13H,1,10-11H2,2-3H3/b14-9+/t13-/m1/s1. The second kappa shape index (κ2) is 6.46. The van der Waals surface area contributed by atoms with E-state index in [9.17, 15) is 13.2 Å². The van der Waals surface area contributed by atoms with Gasteiger partial charge in [-0.1, -0.05) is 23.8 Å². The summed E-state index contributed by atoms with van der Waals surface area (Å²) in [5.74, 6) is -0.671. The van der Waals surface area contributed by atoms with Gasteiger partial charge < -0.3 is 4.74 Å². The molecule has 1 aliphatic rings. The predicted molar refractivity (Wildman–Crippen MR) is 83.7 cm³/mol. The van der Waals surface area contributed by atoms with Gasteiger partial charge in [-0.05, 0) is 24.6 Å². The molecule has 0 spiro atoms. The smallest absolute Gasteiger partial charge is 0.330 e. The Morgan fingerprint density at radius 3 is 2.55 bits per heavy atom. The molecule has 1 atom stereocenters. The van der Waals surface area contributed by atoms with Crippen molar-refractivity contribution in [2.24, 2.45) is 5.92 Å². The highest BCUT2D eigenvalue weighted by molar-refractivity contribution is 7.89. The first-order valence-electron chi connectivity index (χ1n) is 6.86. The number of esters is 1. The van der Waals surface area contributed by atoms with Crippen molar-refractivity contribution in [1.29, 1.82) is 0 Å². The Balaban J connectivity index is 2.30. The summed E-state index contributed by atoms with van der Waals surface area (Å²) >= 11 is 0. The zero-order valence-corrected chi connectivity index (χ0v) is 13.5. The fraction of sp³-hybridized carbons (Fsp3) is 0.312. The predicted octanol–water partition coefficient (Wildman–Crippen LogP) is 1.90. The summed E-state index contributed by atoms with van der Waals surface area (Å²) in [6.45, 7) is 6.06. The maximum atomic E-state index is 12.7. The number of aryl methyl sites for hydroxylation is 1. The van der Waals surface area contributed by atoms with Gasteiger partial charge in [0.05, 0.1) is 12.0 Å². The van der Waals surface area contributed by atoms with Crippen LogP contribution in [0.25, 0.3) is 0 Å². The van der Waals surface area contributed by atoms with E-state index in [2.05, 4.69) is 11.3 Å². The van der Waals surface area contributed by atoms with Crippen LogP contribution >= 0.6 is 0 Å². The number of hydrogen-bond donors (Lipinski definition) is 0. The summed E-state index contributed by atoms with van der Waals surface area (Å²) in [7, 11) is -2.29. The average molecular weight is 321 g/mol. The first-order valence-corrected chi connectivity index (χ1v) is 8.30. The topological polar surface area (TPSA) is 63.7 Å². The van der Waals surface area contributed by atoms with Gasteiger partial charge in [0.25, 0.3) is 0 Å². The van der Waals surface area contributed by atoms with E-state index in [-0.39, 0.29) is 23.9 Å². The largest absolute Gasteiger partial charge is 0.466 e. The number of carbonyl (C=O) groups excluding carboxylic acids is 1. The summed E-state index contributed by atoms with van der Waals surface area (Å²) < 4.78 is 31.3. The molecule has 1 saturated heterocycles. The van der Waals surface area contributed by atoms with Gasteiger partial charge in [-0.3, -0.25) is 0 Å². The monoisotopic (exact) mass is 321 g/mol. The zero-order chi connectivity index (χ0) is 16.3. The first-order chi connectivity index (χ1) is 10.4. The average Bonchev–Trinajstić information content (AvgIpc) is 2.91. The van der Waals surface area contributed by atoms with Gasteiger partial charge in [0.2, 0.25) is 10.0 Å². The summed E-state index contributed by atoms with van der Waals surface area (Å²) in [5.41, 5.74) is 1.69. The molecule has 1 aliphatic heterocycles. The zero-order valence-electron chi connectivity index (χ0n) is 12.7. The molecular formula is C16H19NO4S. The van der Waals surface area contributed by atoms with Crippen LogP contribution in [-0.4, -0.2) is 38.9 Å². The molecule has 6 heteroatoms. The summed E-state index contributed by atoms with van der Waals surface area (Å²) in [6, 6.07) is 6.71. The SMILES string of the molecule is C=C[C@@H]1CN(S(=O)(=O)c2ccc(C)cc2)C/C1=C\C(=O)OC. The van der Waals surface area contributed by atoms with Crippen LogP contribution in [0.1, 0.15) is 5.56 Å². The van der Waals surface area contributed by atoms with E-state index in [1.165, 1.54) is 17.5 Å². The maximum absolute atomic E-state index is 12.7. The molecule has 5 nitrogen and oxygen atoms in total. The lowest BCUT2D eigenvalue weighted by Gasteiger charge is -2.15. The van der Waals surface area contributed by atoms with Crippen molar-refractivity contribution in [2.45, 2.75) is 11.8 Å². The Kier molecular flexibility index (Phi) is 4.83. The molecule has 0 radical (unpaired) electrons. The minimum absolute atomic E-state index is 0.169. The fourth-order valence-corrected chi connectivity index (χ4v) is 3.81. The molecule has 0 aliphatic carbocycles. The van der Waals surface area contributed by atoms with Crippen molar-refractivity contribution in [3.63, 3.8) is 0 Å². The molecular weight excluding hydrogens is 302 g/mol. The van der Waals surface area contributed by atoms with Crippen molar-refractivity contribution >= 4 is 16.0 Å². The van der Waals surface area contributed by atoms with E-state index in [1.54, 1.807) is 30.3 Å². The molecule has 1 aromatic rings. The van der Waals surface area contributed by atoms with Gasteiger partial charge in [0.1, 0.15) is 0 Å². The highest BCUT2D eigenvalue weighted by Gasteiger charge is 2.34. The van der Waals surface area contributed by atoms with E-state index in [0.29, 0.717) is 5.57 Å². The lowest BCUT2D eigenvalue weighted by Crippen LogP contribution is -2.28. The summed E-state index contributed by atoms with van der Waals surface area (Å²) in [5, 5.41) is 0. The van der Waals surface area contributed by atoms with Gasteiger partial charge in [-0.15, -0.1) is 6.58 Å². The number of rotatable bonds is 4. The first kappa shape index (κ1) is 16.5. The third kappa shape index (κ3) is 3.28. The minimum Gasteiger partial charge on any atom is -0.466 e. The molecule has 0 aromatic heterocycles. The molecule has 118 valence electrons. The number of nitrogens with zero attached hydrogens (tertiary/aromatic N) is 1. The van der Waals surface area contributed by atoms with Crippen molar-refractivity contribution in [3.8, 4) is 0 Å². The number of methoxy groups -OCH3 is 1. The van der Waals surface area contributed by atoms with Crippen molar-refractivity contribution in [3.05, 3.63) is 54.1 Å². The number of sulfonamides is 1. The molecule has 1 fully saturated rings. The van der Waals surface area contributed by atoms with Crippen molar-refractivity contribution in [1.82, 2.24) is 4.31 Å². The maximum Gasteiger partial charge on any atom is 0.330 e. The van der Waals surface area contributed by atoms with Crippen LogP contribution in [0.2, 0.25) is 0 Å². The van der Waals surface area contributed by atoms with Gasteiger partial charge in [-0.2, -0.15) is 4.31 Å². The lowest BCUT2D eigenvalue weighted by atomic mass is 10.0. The van der Waals surface area contributed by atoms with Crippen molar-refractivity contribution < 1.29 is 17.9 Å². The molecule has 0 bridgehead atoms. The van der Waals surface area contributed by atoms with Crippen LogP contribution in [0, 0.1) is 12.8 Å². The molecule has 0 saturated carbocycles. The van der Waals surface area contributed by atoms with E-state index < -0.39 is 16.0 Å². The van der Waals surface area contributed by atoms with Gasteiger partial charge in [0.15, 0.2) is 0 Å². The third-order valence-electron chi connectivity index (χ3n) is 3.68. The Morgan fingerprint density at radius 2 is 2.00 bits per heavy atom. The van der Waals surface area contributed by atoms with Gasteiger partial charge in [-0.25, -0.2) is 13.2 Å². The quantitative estimate of drug-likeness (QED) is 0.483. The van der Waals surface area contributed by atoms with Crippen LogP contribution in [0.3, 0.4) is 0 Å². The summed E-state index contributed by atoms with van der Waals surface area (Å²) in [4.78, 5) is 11.6. The lowest BCUT2D eigenvalue weighted by molar-refractivity contribution is -0.134. The van der Waals surface area contributed by atoms with E-state index in [4.69, 9.17) is 0 Å². The second-order valence-electron chi connectivity index (χ2n) is 5.20. The second-order valence-corrected chi connectivity index (χ2v) is 7.13. The number of ether oxygens (including phenoxy) is 1. The molecule has 0 unspecified atom stereocenters.